The van der Waals surface area contributed by atoms with Gasteiger partial charge in [-0.25, -0.2) is 0 Å². The van der Waals surface area contributed by atoms with Gasteiger partial charge in [-0.1, -0.05) is 65.6 Å². The average molecular weight is 414 g/mol. The average Bonchev–Trinajstić information content (AvgIpc) is 3.36. The first-order chi connectivity index (χ1) is 13.3. The number of hydrogen-bond donors (Lipinski definition) is 1. The second-order valence-electron chi connectivity index (χ2n) is 5.56. The summed E-state index contributed by atoms with van der Waals surface area (Å²) in [5, 5.41) is 15.5. The Morgan fingerprint density at radius 1 is 1.07 bits per heavy atom. The van der Waals surface area contributed by atoms with Gasteiger partial charge in [0.15, 0.2) is 10.9 Å². The molecule has 2 aromatic heterocycles. The number of thiophene rings is 1. The number of carbonyl (C=O) groups is 1. The van der Waals surface area contributed by atoms with E-state index in [2.05, 4.69) is 27.0 Å². The van der Waals surface area contributed by atoms with Crippen molar-refractivity contribution in [1.29, 1.82) is 0 Å². The molecule has 0 spiro atoms. The van der Waals surface area contributed by atoms with E-state index in [1.807, 2.05) is 48.5 Å². The number of fused-ring (bicyclic) bond motifs is 1. The van der Waals surface area contributed by atoms with Gasteiger partial charge >= 0.3 is 0 Å². The number of nitrogens with one attached hydrogen (secondary N) is 1. The van der Waals surface area contributed by atoms with Gasteiger partial charge in [0.2, 0.25) is 5.13 Å². The number of carbonyl (C=O) groups excluding carboxylic acids is 1. The van der Waals surface area contributed by atoms with Crippen LogP contribution < -0.4 is 10.1 Å². The molecule has 0 radical (unpaired) electrons. The van der Waals surface area contributed by atoms with Crippen molar-refractivity contribution in [3.05, 3.63) is 64.9 Å². The molecule has 27 heavy (non-hydrogen) atoms. The Morgan fingerprint density at radius 3 is 2.85 bits per heavy atom. The van der Waals surface area contributed by atoms with Gasteiger partial charge in [-0.05, 0) is 22.9 Å². The highest BCUT2D eigenvalue weighted by atomic mass is 32.2. The third-order valence-electron chi connectivity index (χ3n) is 3.68. The lowest BCUT2D eigenvalue weighted by Crippen LogP contribution is -2.20. The monoisotopic (exact) mass is 413 g/mol. The molecule has 0 atom stereocenters. The summed E-state index contributed by atoms with van der Waals surface area (Å²) in [4.78, 5) is 13.5. The molecule has 5 nitrogen and oxygen atoms in total. The van der Waals surface area contributed by atoms with Crippen LogP contribution in [-0.2, 0) is 10.5 Å². The Morgan fingerprint density at radius 2 is 1.96 bits per heavy atom. The molecule has 0 aliphatic rings. The van der Waals surface area contributed by atoms with Gasteiger partial charge in [0, 0.05) is 16.0 Å². The van der Waals surface area contributed by atoms with E-state index in [1.165, 1.54) is 16.2 Å². The van der Waals surface area contributed by atoms with Crippen molar-refractivity contribution in [1.82, 2.24) is 10.2 Å². The Bertz CT molecular complexity index is 1040. The second-order valence-corrected chi connectivity index (χ2v) is 8.79. The van der Waals surface area contributed by atoms with E-state index in [-0.39, 0.29) is 12.5 Å². The highest BCUT2D eigenvalue weighted by Crippen LogP contribution is 2.29. The van der Waals surface area contributed by atoms with Crippen LogP contribution in [0.15, 0.2) is 64.3 Å². The van der Waals surface area contributed by atoms with E-state index in [4.69, 9.17) is 4.74 Å². The van der Waals surface area contributed by atoms with Gasteiger partial charge in [-0.3, -0.25) is 10.1 Å². The lowest BCUT2D eigenvalue weighted by Gasteiger charge is -2.08. The molecule has 2 aromatic carbocycles. The summed E-state index contributed by atoms with van der Waals surface area (Å²) in [6, 6.07) is 17.8. The second kappa shape index (κ2) is 8.51. The predicted octanol–water partition coefficient (Wildman–Crippen LogP) is 5.06. The fraction of sp³-hybridized carbons (Fsp3) is 0.105. The molecule has 136 valence electrons. The number of hydrogen-bond acceptors (Lipinski definition) is 7. The van der Waals surface area contributed by atoms with Crippen LogP contribution in [0.4, 0.5) is 5.13 Å². The van der Waals surface area contributed by atoms with Crippen LogP contribution in [0.3, 0.4) is 0 Å². The van der Waals surface area contributed by atoms with Gasteiger partial charge in [0.25, 0.3) is 5.91 Å². The van der Waals surface area contributed by atoms with E-state index < -0.39 is 0 Å². The van der Waals surface area contributed by atoms with Crippen LogP contribution in [0.1, 0.15) is 4.88 Å². The van der Waals surface area contributed by atoms with Crippen molar-refractivity contribution in [3.63, 3.8) is 0 Å². The molecule has 0 aliphatic carbocycles. The van der Waals surface area contributed by atoms with E-state index in [1.54, 1.807) is 23.1 Å². The van der Waals surface area contributed by atoms with Crippen LogP contribution in [0.5, 0.6) is 5.75 Å². The molecule has 4 aromatic rings. The first-order valence-corrected chi connectivity index (χ1v) is 10.9. The zero-order valence-corrected chi connectivity index (χ0v) is 16.6. The summed E-state index contributed by atoms with van der Waals surface area (Å²) in [6.07, 6.45) is 0. The van der Waals surface area contributed by atoms with Crippen LogP contribution >= 0.6 is 34.4 Å². The maximum absolute atomic E-state index is 12.2. The standard InChI is InChI=1S/C19H15N3O2S3/c23-17(11-24-16-9-3-6-13-5-1-2-8-15(13)16)20-18-21-22-19(27-18)26-12-14-7-4-10-25-14/h1-10H,11-12H2,(H,20,21,23). The van der Waals surface area contributed by atoms with Crippen molar-refractivity contribution in [2.75, 3.05) is 11.9 Å². The molecule has 0 unspecified atom stereocenters. The van der Waals surface area contributed by atoms with Crippen LogP contribution in [-0.4, -0.2) is 22.7 Å². The van der Waals surface area contributed by atoms with Crippen LogP contribution in [0.25, 0.3) is 10.8 Å². The minimum absolute atomic E-state index is 0.0781. The molecule has 1 amide bonds. The van der Waals surface area contributed by atoms with Crippen molar-refractivity contribution in [2.24, 2.45) is 0 Å². The Hall–Kier alpha value is -2.42. The molecular formula is C19H15N3O2S3. The maximum Gasteiger partial charge on any atom is 0.264 e. The number of nitrogens with zero attached hydrogens (tertiary/aromatic N) is 2. The van der Waals surface area contributed by atoms with Crippen LogP contribution in [0, 0.1) is 0 Å². The zero-order valence-electron chi connectivity index (χ0n) is 14.1. The summed E-state index contributed by atoms with van der Waals surface area (Å²) >= 11 is 4.69. The number of anilines is 1. The summed E-state index contributed by atoms with van der Waals surface area (Å²) in [7, 11) is 0. The molecule has 0 bridgehead atoms. The van der Waals surface area contributed by atoms with E-state index >= 15 is 0 Å². The SMILES string of the molecule is O=C(COc1cccc2ccccc12)Nc1nnc(SCc2cccs2)s1. The van der Waals surface area contributed by atoms with Crippen molar-refractivity contribution in [2.45, 2.75) is 10.1 Å². The fourth-order valence-electron chi connectivity index (χ4n) is 2.47. The predicted molar refractivity (Wildman–Crippen MR) is 112 cm³/mol. The highest BCUT2D eigenvalue weighted by molar-refractivity contribution is 8.00. The van der Waals surface area contributed by atoms with Gasteiger partial charge < -0.3 is 4.74 Å². The van der Waals surface area contributed by atoms with Gasteiger partial charge in [-0.15, -0.1) is 21.5 Å². The third kappa shape index (κ3) is 4.65. The Kier molecular flexibility index (Phi) is 5.66. The summed E-state index contributed by atoms with van der Waals surface area (Å²) < 4.78 is 6.52. The smallest absolute Gasteiger partial charge is 0.264 e. The lowest BCUT2D eigenvalue weighted by molar-refractivity contribution is -0.118. The molecule has 4 rings (SSSR count). The molecule has 1 N–H and O–H groups in total. The molecule has 0 aliphatic heterocycles. The van der Waals surface area contributed by atoms with Crippen molar-refractivity contribution >= 4 is 56.2 Å². The molecule has 0 fully saturated rings. The fourth-order valence-corrected chi connectivity index (χ4v) is 5.01. The van der Waals surface area contributed by atoms with Gasteiger partial charge in [-0.2, -0.15) is 0 Å². The molecule has 0 saturated carbocycles. The van der Waals surface area contributed by atoms with Crippen LogP contribution in [0.2, 0.25) is 0 Å². The first kappa shape index (κ1) is 18.0. The first-order valence-electron chi connectivity index (χ1n) is 8.17. The quantitative estimate of drug-likeness (QED) is 0.339. The Balaban J connectivity index is 1.31. The van der Waals surface area contributed by atoms with Crippen molar-refractivity contribution in [3.8, 4) is 5.75 Å². The van der Waals surface area contributed by atoms with Gasteiger partial charge in [0.1, 0.15) is 5.75 Å². The Labute approximate surface area is 168 Å². The molecular weight excluding hydrogens is 398 g/mol. The summed E-state index contributed by atoms with van der Waals surface area (Å²) in [6.45, 7) is -0.0781. The summed E-state index contributed by atoms with van der Waals surface area (Å²) in [5.74, 6) is 1.28. The van der Waals surface area contributed by atoms with Crippen molar-refractivity contribution < 1.29 is 9.53 Å². The maximum atomic E-state index is 12.2. The number of benzene rings is 2. The lowest BCUT2D eigenvalue weighted by atomic mass is 10.1. The summed E-state index contributed by atoms with van der Waals surface area (Å²) in [5.41, 5.74) is 0. The normalized spacial score (nSPS) is 10.8. The van der Waals surface area contributed by atoms with Gasteiger partial charge in [0.05, 0.1) is 0 Å². The highest BCUT2D eigenvalue weighted by Gasteiger charge is 2.10. The number of aromatic nitrogens is 2. The number of ether oxygens (including phenoxy) is 1. The van der Waals surface area contributed by atoms with E-state index in [9.17, 15) is 4.79 Å². The molecule has 2 heterocycles. The number of thioether (sulfide) groups is 1. The zero-order chi connectivity index (χ0) is 18.5. The number of amides is 1. The third-order valence-corrected chi connectivity index (χ3v) is 6.76. The minimum atomic E-state index is -0.256. The minimum Gasteiger partial charge on any atom is -0.483 e. The molecule has 0 saturated heterocycles. The molecule has 8 heteroatoms. The largest absolute Gasteiger partial charge is 0.483 e. The van der Waals surface area contributed by atoms with E-state index in [0.29, 0.717) is 10.9 Å². The topological polar surface area (TPSA) is 64.1 Å². The van der Waals surface area contributed by atoms with E-state index in [0.717, 1.165) is 20.9 Å². The number of rotatable bonds is 7.